The summed E-state index contributed by atoms with van der Waals surface area (Å²) in [6.07, 6.45) is 4.75. The third kappa shape index (κ3) is 5.67. The molecule has 1 saturated carbocycles. The van der Waals surface area contributed by atoms with Crippen molar-refractivity contribution in [1.82, 2.24) is 5.32 Å². The third-order valence-electron chi connectivity index (χ3n) is 3.37. The molecule has 0 atom stereocenters. The highest BCUT2D eigenvalue weighted by Crippen LogP contribution is 2.26. The minimum absolute atomic E-state index is 0. The fourth-order valence-corrected chi connectivity index (χ4v) is 2.01. The van der Waals surface area contributed by atoms with Crippen molar-refractivity contribution in [2.24, 2.45) is 16.6 Å². The van der Waals surface area contributed by atoms with Gasteiger partial charge in [0.05, 0.1) is 0 Å². The van der Waals surface area contributed by atoms with E-state index in [2.05, 4.69) is 10.3 Å². The summed E-state index contributed by atoms with van der Waals surface area (Å²) < 4.78 is 0. The Balaban J connectivity index is 0.00000180. The molecular formula is C14H22IN3O. The number of hydrogen-bond donors (Lipinski definition) is 3. The maximum atomic E-state index is 9.33. The number of nitrogens with two attached hydrogens (primary N) is 1. The molecule has 2 rings (SSSR count). The maximum Gasteiger partial charge on any atom is 0.188 e. The lowest BCUT2D eigenvalue weighted by atomic mass is 9.86. The molecule has 0 aromatic heterocycles. The van der Waals surface area contributed by atoms with E-state index in [-0.39, 0.29) is 24.0 Å². The molecule has 0 amide bonds. The average molecular weight is 375 g/mol. The van der Waals surface area contributed by atoms with Crippen LogP contribution >= 0.6 is 24.0 Å². The smallest absolute Gasteiger partial charge is 0.188 e. The van der Waals surface area contributed by atoms with E-state index in [9.17, 15) is 5.11 Å². The van der Waals surface area contributed by atoms with E-state index < -0.39 is 0 Å². The van der Waals surface area contributed by atoms with Crippen molar-refractivity contribution < 1.29 is 5.11 Å². The minimum atomic E-state index is 0. The van der Waals surface area contributed by atoms with Crippen molar-refractivity contribution in [3.8, 4) is 5.75 Å². The Morgan fingerprint density at radius 2 is 2.21 bits per heavy atom. The molecule has 1 aromatic rings. The second kappa shape index (κ2) is 8.24. The predicted octanol–water partition coefficient (Wildman–Crippen LogP) is 2.26. The number of aromatic hydroxyl groups is 1. The van der Waals surface area contributed by atoms with Crippen molar-refractivity contribution in [1.29, 1.82) is 0 Å². The van der Waals surface area contributed by atoms with Gasteiger partial charge in [-0.05, 0) is 42.9 Å². The topological polar surface area (TPSA) is 70.6 Å². The predicted molar refractivity (Wildman–Crippen MR) is 89.1 cm³/mol. The second-order valence-corrected chi connectivity index (χ2v) is 4.87. The maximum absolute atomic E-state index is 9.33. The van der Waals surface area contributed by atoms with Crippen molar-refractivity contribution >= 4 is 29.9 Å². The van der Waals surface area contributed by atoms with Crippen LogP contribution in [0.15, 0.2) is 29.3 Å². The summed E-state index contributed by atoms with van der Waals surface area (Å²) in [4.78, 5) is 4.33. The Hall–Kier alpha value is -0.980. The van der Waals surface area contributed by atoms with Gasteiger partial charge in [0.25, 0.3) is 0 Å². The molecule has 4 nitrogen and oxygen atoms in total. The van der Waals surface area contributed by atoms with Crippen LogP contribution in [0.2, 0.25) is 0 Å². The summed E-state index contributed by atoms with van der Waals surface area (Å²) >= 11 is 0. The quantitative estimate of drug-likeness (QED) is 0.420. The number of benzene rings is 1. The number of nitrogens with zero attached hydrogens (tertiary/aromatic N) is 1. The minimum Gasteiger partial charge on any atom is -0.508 e. The molecule has 5 heteroatoms. The van der Waals surface area contributed by atoms with E-state index in [4.69, 9.17) is 5.73 Å². The highest BCUT2D eigenvalue weighted by atomic mass is 127. The Morgan fingerprint density at radius 1 is 1.42 bits per heavy atom. The zero-order valence-corrected chi connectivity index (χ0v) is 13.3. The highest BCUT2D eigenvalue weighted by Gasteiger charge is 2.16. The monoisotopic (exact) mass is 375 g/mol. The molecule has 0 radical (unpaired) electrons. The van der Waals surface area contributed by atoms with Gasteiger partial charge in [0, 0.05) is 13.1 Å². The van der Waals surface area contributed by atoms with E-state index in [0.29, 0.717) is 11.7 Å². The first-order valence-corrected chi connectivity index (χ1v) is 6.56. The van der Waals surface area contributed by atoms with Gasteiger partial charge < -0.3 is 16.2 Å². The van der Waals surface area contributed by atoms with Gasteiger partial charge in [-0.25, -0.2) is 0 Å². The van der Waals surface area contributed by atoms with Gasteiger partial charge in [0.1, 0.15) is 5.75 Å². The van der Waals surface area contributed by atoms with Crippen LogP contribution in [-0.2, 0) is 6.42 Å². The number of guanidine groups is 1. The molecule has 1 aromatic carbocycles. The average Bonchev–Trinajstić information content (AvgIpc) is 2.27. The highest BCUT2D eigenvalue weighted by molar-refractivity contribution is 14.0. The van der Waals surface area contributed by atoms with Crippen LogP contribution in [0.25, 0.3) is 0 Å². The number of hydrogen-bond acceptors (Lipinski definition) is 2. The van der Waals surface area contributed by atoms with Crippen LogP contribution in [0.1, 0.15) is 24.8 Å². The molecule has 19 heavy (non-hydrogen) atoms. The Morgan fingerprint density at radius 3 is 2.84 bits per heavy atom. The summed E-state index contributed by atoms with van der Waals surface area (Å²) in [5, 5.41) is 12.4. The lowest BCUT2D eigenvalue weighted by Gasteiger charge is -2.23. The summed E-state index contributed by atoms with van der Waals surface area (Å²) in [5.74, 6) is 1.58. The van der Waals surface area contributed by atoms with E-state index in [1.54, 1.807) is 12.1 Å². The molecule has 1 aliphatic carbocycles. The Bertz CT molecular complexity index is 419. The number of phenolic OH excluding ortho intramolecular Hbond substituents is 1. The molecule has 0 heterocycles. The van der Waals surface area contributed by atoms with Crippen molar-refractivity contribution in [3.05, 3.63) is 29.8 Å². The fourth-order valence-electron chi connectivity index (χ4n) is 2.01. The molecule has 1 fully saturated rings. The SMILES string of the molecule is I.NC(=NCC1CCC1)NCCc1cccc(O)c1. The summed E-state index contributed by atoms with van der Waals surface area (Å²) in [6.45, 7) is 1.59. The molecular weight excluding hydrogens is 353 g/mol. The largest absolute Gasteiger partial charge is 0.508 e. The molecule has 0 aliphatic heterocycles. The first kappa shape index (κ1) is 16.1. The van der Waals surface area contributed by atoms with Gasteiger partial charge in [-0.2, -0.15) is 0 Å². The van der Waals surface area contributed by atoms with E-state index in [1.165, 1.54) is 19.3 Å². The number of rotatable bonds is 5. The van der Waals surface area contributed by atoms with Crippen molar-refractivity contribution in [2.45, 2.75) is 25.7 Å². The van der Waals surface area contributed by atoms with Crippen LogP contribution < -0.4 is 11.1 Å². The lowest BCUT2D eigenvalue weighted by Crippen LogP contribution is -2.34. The lowest BCUT2D eigenvalue weighted by molar-refractivity contribution is 0.326. The first-order chi connectivity index (χ1) is 8.74. The zero-order valence-electron chi connectivity index (χ0n) is 11.0. The molecule has 0 bridgehead atoms. The van der Waals surface area contributed by atoms with Gasteiger partial charge in [0.2, 0.25) is 0 Å². The first-order valence-electron chi connectivity index (χ1n) is 6.56. The van der Waals surface area contributed by atoms with Crippen molar-refractivity contribution in [2.75, 3.05) is 13.1 Å². The Kier molecular flexibility index (Phi) is 6.97. The van der Waals surface area contributed by atoms with Gasteiger partial charge in [-0.15, -0.1) is 24.0 Å². The molecule has 0 unspecified atom stereocenters. The van der Waals surface area contributed by atoms with Crippen LogP contribution in [0, 0.1) is 5.92 Å². The standard InChI is InChI=1S/C14H21N3O.HI/c15-14(17-10-12-4-1-5-12)16-8-7-11-3-2-6-13(18)9-11;/h2-3,6,9,12,18H,1,4-5,7-8,10H2,(H3,15,16,17);1H. The van der Waals surface area contributed by atoms with Gasteiger partial charge >= 0.3 is 0 Å². The van der Waals surface area contributed by atoms with E-state index in [0.717, 1.165) is 31.0 Å². The number of phenols is 1. The Labute approximate surface area is 131 Å². The second-order valence-electron chi connectivity index (χ2n) is 4.87. The van der Waals surface area contributed by atoms with Crippen LogP contribution in [0.5, 0.6) is 5.75 Å². The van der Waals surface area contributed by atoms with Crippen LogP contribution in [0.4, 0.5) is 0 Å². The number of nitrogens with one attached hydrogen (secondary N) is 1. The molecule has 1 aliphatic rings. The van der Waals surface area contributed by atoms with Gasteiger partial charge in [0.15, 0.2) is 5.96 Å². The van der Waals surface area contributed by atoms with Gasteiger partial charge in [-0.3, -0.25) is 4.99 Å². The number of aliphatic imine (C=N–C) groups is 1. The van der Waals surface area contributed by atoms with Gasteiger partial charge in [-0.1, -0.05) is 18.6 Å². The number of halogens is 1. The van der Waals surface area contributed by atoms with Crippen molar-refractivity contribution in [3.63, 3.8) is 0 Å². The molecule has 4 N–H and O–H groups in total. The molecule has 0 spiro atoms. The zero-order chi connectivity index (χ0) is 12.8. The third-order valence-corrected chi connectivity index (χ3v) is 3.37. The fraction of sp³-hybridized carbons (Fsp3) is 0.500. The summed E-state index contributed by atoms with van der Waals surface area (Å²) in [6, 6.07) is 7.27. The van der Waals surface area contributed by atoms with E-state index >= 15 is 0 Å². The van der Waals surface area contributed by atoms with Crippen LogP contribution in [-0.4, -0.2) is 24.2 Å². The van der Waals surface area contributed by atoms with E-state index in [1.807, 2.05) is 12.1 Å². The summed E-state index contributed by atoms with van der Waals surface area (Å²) in [7, 11) is 0. The summed E-state index contributed by atoms with van der Waals surface area (Å²) in [5.41, 5.74) is 6.88. The van der Waals surface area contributed by atoms with Crippen LogP contribution in [0.3, 0.4) is 0 Å². The normalized spacial score (nSPS) is 15.5. The molecule has 0 saturated heterocycles. The molecule has 106 valence electrons.